The molecule has 0 N–H and O–H groups in total. The van der Waals surface area contributed by atoms with E-state index in [9.17, 15) is 0 Å². The zero-order chi connectivity index (χ0) is 8.97. The lowest BCUT2D eigenvalue weighted by atomic mass is 10.1. The topological polar surface area (TPSA) is 12.9 Å². The first kappa shape index (κ1) is 9.75. The number of alkyl halides is 1. The highest BCUT2D eigenvalue weighted by Gasteiger charge is 2.02. The van der Waals surface area contributed by atoms with Gasteiger partial charge in [0.2, 0.25) is 0 Å². The van der Waals surface area contributed by atoms with E-state index >= 15 is 0 Å². The third-order valence-corrected chi connectivity index (χ3v) is 2.69. The fourth-order valence-electron chi connectivity index (χ4n) is 0.824. The van der Waals surface area contributed by atoms with Crippen LogP contribution < -0.4 is 0 Å². The van der Waals surface area contributed by atoms with Gasteiger partial charge >= 0.3 is 0 Å². The third kappa shape index (κ3) is 2.61. The van der Waals surface area contributed by atoms with Gasteiger partial charge in [0.15, 0.2) is 0 Å². The highest BCUT2D eigenvalue weighted by molar-refractivity contribution is 7.10. The maximum Gasteiger partial charge on any atom is 0.115 e. The zero-order valence-electron chi connectivity index (χ0n) is 7.25. The van der Waals surface area contributed by atoms with Gasteiger partial charge in [0.25, 0.3) is 0 Å². The highest BCUT2D eigenvalue weighted by Crippen LogP contribution is 2.17. The summed E-state index contributed by atoms with van der Waals surface area (Å²) < 4.78 is 0. The average Bonchev–Trinajstić information content (AvgIpc) is 2.51. The molecule has 1 aromatic heterocycles. The van der Waals surface area contributed by atoms with Crippen molar-refractivity contribution in [2.24, 2.45) is 5.92 Å². The monoisotopic (exact) mass is 201 g/mol. The van der Waals surface area contributed by atoms with Crippen molar-refractivity contribution in [1.82, 2.24) is 4.98 Å². The number of hydrogen-bond donors (Lipinski definition) is 0. The average molecular weight is 202 g/mol. The Balaban J connectivity index is 2.78. The Bertz CT molecular complexity index is 252. The van der Waals surface area contributed by atoms with Crippen LogP contribution in [0.3, 0.4) is 0 Å². The predicted octanol–water partition coefficient (Wildman–Crippen LogP) is 3.42. The van der Waals surface area contributed by atoms with Crippen molar-refractivity contribution in [3.05, 3.63) is 22.2 Å². The fourth-order valence-corrected chi connectivity index (χ4v) is 1.81. The van der Waals surface area contributed by atoms with Crippen LogP contribution in [0.4, 0.5) is 0 Å². The Kier molecular flexibility index (Phi) is 3.76. The molecule has 0 aromatic carbocycles. The van der Waals surface area contributed by atoms with Crippen LogP contribution in [-0.2, 0) is 0 Å². The van der Waals surface area contributed by atoms with Crippen molar-refractivity contribution in [1.29, 1.82) is 0 Å². The standard InChI is InChI=1S/C9H12ClNS/c1-7(2)8(6-10)5-9-11-3-4-12-9/h3-5,7H,6H2,1-2H3/b8-5+. The molecule has 0 unspecified atom stereocenters. The normalized spacial score (nSPS) is 12.5. The molecule has 0 atom stereocenters. The molecular weight excluding hydrogens is 190 g/mol. The van der Waals surface area contributed by atoms with Crippen LogP contribution in [0.15, 0.2) is 17.2 Å². The van der Waals surface area contributed by atoms with Crippen LogP contribution in [0.2, 0.25) is 0 Å². The van der Waals surface area contributed by atoms with Gasteiger partial charge in [-0.3, -0.25) is 0 Å². The minimum Gasteiger partial charge on any atom is -0.245 e. The van der Waals surface area contributed by atoms with E-state index in [2.05, 4.69) is 24.9 Å². The van der Waals surface area contributed by atoms with Crippen molar-refractivity contribution in [2.45, 2.75) is 13.8 Å². The zero-order valence-corrected chi connectivity index (χ0v) is 8.82. The van der Waals surface area contributed by atoms with Crippen LogP contribution in [-0.4, -0.2) is 10.9 Å². The molecule has 66 valence electrons. The van der Waals surface area contributed by atoms with Gasteiger partial charge in [-0.1, -0.05) is 13.8 Å². The minimum absolute atomic E-state index is 0.506. The molecule has 0 fully saturated rings. The molecule has 1 nitrogen and oxygen atoms in total. The van der Waals surface area contributed by atoms with Crippen LogP contribution in [0.5, 0.6) is 0 Å². The quantitative estimate of drug-likeness (QED) is 0.683. The maximum absolute atomic E-state index is 5.79. The lowest BCUT2D eigenvalue weighted by molar-refractivity contribution is 0.778. The summed E-state index contributed by atoms with van der Waals surface area (Å²) in [5.74, 6) is 1.10. The number of thiazole rings is 1. The summed E-state index contributed by atoms with van der Waals surface area (Å²) in [6, 6.07) is 0. The summed E-state index contributed by atoms with van der Waals surface area (Å²) in [6.45, 7) is 4.28. The predicted molar refractivity (Wildman–Crippen MR) is 55.6 cm³/mol. The van der Waals surface area contributed by atoms with E-state index in [4.69, 9.17) is 11.6 Å². The number of allylic oxidation sites excluding steroid dienone is 1. The van der Waals surface area contributed by atoms with E-state index in [0.29, 0.717) is 11.8 Å². The Labute approximate surface area is 82.1 Å². The summed E-state index contributed by atoms with van der Waals surface area (Å²) in [4.78, 5) is 4.17. The van der Waals surface area contributed by atoms with Gasteiger partial charge in [-0.05, 0) is 17.6 Å². The molecule has 0 saturated carbocycles. The first-order chi connectivity index (χ1) is 5.74. The van der Waals surface area contributed by atoms with Gasteiger partial charge in [0, 0.05) is 17.5 Å². The van der Waals surface area contributed by atoms with Gasteiger partial charge in [0.05, 0.1) is 0 Å². The molecule has 1 rings (SSSR count). The number of rotatable bonds is 3. The lowest BCUT2D eigenvalue weighted by Gasteiger charge is -2.05. The molecule has 0 aliphatic rings. The maximum atomic E-state index is 5.79. The number of aromatic nitrogens is 1. The molecule has 0 saturated heterocycles. The van der Waals surface area contributed by atoms with Crippen LogP contribution in [0.25, 0.3) is 6.08 Å². The van der Waals surface area contributed by atoms with E-state index in [1.165, 1.54) is 5.57 Å². The van der Waals surface area contributed by atoms with E-state index in [-0.39, 0.29) is 0 Å². The van der Waals surface area contributed by atoms with E-state index < -0.39 is 0 Å². The SMILES string of the molecule is CC(C)/C(=C/c1nccs1)CCl. The second-order valence-corrected chi connectivity index (χ2v) is 4.07. The van der Waals surface area contributed by atoms with Gasteiger partial charge in [-0.25, -0.2) is 4.98 Å². The molecule has 3 heteroatoms. The minimum atomic E-state index is 0.506. The largest absolute Gasteiger partial charge is 0.245 e. The third-order valence-electron chi connectivity index (χ3n) is 1.66. The Morgan fingerprint density at radius 3 is 2.92 bits per heavy atom. The number of nitrogens with zero attached hydrogens (tertiary/aromatic N) is 1. The first-order valence-electron chi connectivity index (χ1n) is 3.90. The van der Waals surface area contributed by atoms with Crippen LogP contribution in [0.1, 0.15) is 18.9 Å². The molecule has 0 spiro atoms. The number of halogens is 1. The van der Waals surface area contributed by atoms with Crippen molar-refractivity contribution in [3.63, 3.8) is 0 Å². The summed E-state index contributed by atoms with van der Waals surface area (Å²) >= 11 is 7.43. The van der Waals surface area contributed by atoms with Gasteiger partial charge in [-0.15, -0.1) is 22.9 Å². The summed E-state index contributed by atoms with van der Waals surface area (Å²) in [7, 11) is 0. The molecule has 0 bridgehead atoms. The molecular formula is C9H12ClNS. The van der Waals surface area contributed by atoms with Crippen molar-refractivity contribution >= 4 is 29.0 Å². The first-order valence-corrected chi connectivity index (χ1v) is 5.31. The van der Waals surface area contributed by atoms with Crippen molar-refractivity contribution < 1.29 is 0 Å². The van der Waals surface area contributed by atoms with Crippen LogP contribution in [0, 0.1) is 5.92 Å². The molecule has 0 aliphatic heterocycles. The summed E-state index contributed by atoms with van der Waals surface area (Å²) in [6.07, 6.45) is 3.88. The summed E-state index contributed by atoms with van der Waals surface area (Å²) in [5.41, 5.74) is 1.24. The highest BCUT2D eigenvalue weighted by atomic mass is 35.5. The molecule has 0 amide bonds. The molecule has 1 aromatic rings. The van der Waals surface area contributed by atoms with E-state index in [1.807, 2.05) is 11.6 Å². The second-order valence-electron chi connectivity index (χ2n) is 2.88. The van der Waals surface area contributed by atoms with Crippen molar-refractivity contribution in [2.75, 3.05) is 5.88 Å². The second kappa shape index (κ2) is 4.63. The smallest absolute Gasteiger partial charge is 0.115 e. The van der Waals surface area contributed by atoms with E-state index in [0.717, 1.165) is 5.01 Å². The molecule has 0 aliphatic carbocycles. The molecule has 0 radical (unpaired) electrons. The fraction of sp³-hybridized carbons (Fsp3) is 0.444. The van der Waals surface area contributed by atoms with Gasteiger partial charge in [0.1, 0.15) is 5.01 Å². The summed E-state index contributed by atoms with van der Waals surface area (Å²) in [5, 5.41) is 3.01. The van der Waals surface area contributed by atoms with Crippen molar-refractivity contribution in [3.8, 4) is 0 Å². The number of hydrogen-bond acceptors (Lipinski definition) is 2. The van der Waals surface area contributed by atoms with Crippen LogP contribution >= 0.6 is 22.9 Å². The molecule has 1 heterocycles. The Morgan fingerprint density at radius 2 is 2.50 bits per heavy atom. The van der Waals surface area contributed by atoms with Gasteiger partial charge in [-0.2, -0.15) is 0 Å². The molecule has 12 heavy (non-hydrogen) atoms. The lowest BCUT2D eigenvalue weighted by Crippen LogP contribution is -1.94. The Hall–Kier alpha value is -0.340. The Morgan fingerprint density at radius 1 is 1.75 bits per heavy atom. The van der Waals surface area contributed by atoms with E-state index in [1.54, 1.807) is 11.3 Å². The van der Waals surface area contributed by atoms with Gasteiger partial charge < -0.3 is 0 Å².